The van der Waals surface area contributed by atoms with E-state index in [1.165, 1.54) is 36.4 Å². The number of ether oxygens (including phenoxy) is 3. The van der Waals surface area contributed by atoms with Gasteiger partial charge in [0.15, 0.2) is 16.6 Å². The van der Waals surface area contributed by atoms with Crippen LogP contribution in [-0.2, 0) is 49.9 Å². The summed E-state index contributed by atoms with van der Waals surface area (Å²) in [5, 5.41) is 9.63. The maximum absolute atomic E-state index is 13.7. The predicted molar refractivity (Wildman–Crippen MR) is 446 cm³/mol. The van der Waals surface area contributed by atoms with Gasteiger partial charge in [0.25, 0.3) is 0 Å². The van der Waals surface area contributed by atoms with Crippen LogP contribution in [0.15, 0.2) is 155 Å². The minimum absolute atomic E-state index is 0. The second-order valence-corrected chi connectivity index (χ2v) is 41.5. The summed E-state index contributed by atoms with van der Waals surface area (Å²) in [6.07, 6.45) is 2.85. The number of hydrogen-bond acceptors (Lipinski definition) is 11. The lowest BCUT2D eigenvalue weighted by atomic mass is 9.85. The minimum atomic E-state index is -3.37. The molecule has 6 atom stereocenters. The van der Waals surface area contributed by atoms with Crippen molar-refractivity contribution in [3.05, 3.63) is 205 Å². The highest BCUT2D eigenvalue weighted by Gasteiger charge is 2.48. The number of anilines is 1. The van der Waals surface area contributed by atoms with Crippen LogP contribution in [0.25, 0.3) is 0 Å². The van der Waals surface area contributed by atoms with Crippen molar-refractivity contribution in [1.29, 1.82) is 0 Å². The Morgan fingerprint density at radius 1 is 0.480 bits per heavy atom. The smallest absolute Gasteiger partial charge is 0.411 e. The average Bonchev–Trinajstić information content (AvgIpc) is 0.784. The first-order valence-corrected chi connectivity index (χ1v) is 41.9. The number of sulfonamides is 1. The SMILES string of the molecule is C[C@@H](c1ccc(Br)cc1)N1CC[C@](CCO)(c2ccc(F)cc2)OC1=O.C[C@@H](c1ccc(Br)cc1)N1CC[C@](CCO[Si](C)(C)C(C)(C)C)(c2ccc(F)cc2)OC1=O.C[C@@H](c1ccc(NS(C)(=O)=O)cc1)N1CC[C@](CCO[Si](C)(C)C(C)(C)C)(c2ccc(F)cc2)OC1=O.S.S.S.S.S.S. The molecule has 6 aromatic rings. The van der Waals surface area contributed by atoms with E-state index < -0.39 is 55.6 Å². The number of aliphatic hydroxyl groups is 1. The zero-order valence-corrected chi connectivity index (χ0v) is 72.7. The van der Waals surface area contributed by atoms with E-state index in [4.69, 9.17) is 23.1 Å². The molecule has 29 heteroatoms. The van der Waals surface area contributed by atoms with E-state index in [0.717, 1.165) is 43.0 Å². The third kappa shape index (κ3) is 25.1. The van der Waals surface area contributed by atoms with Crippen LogP contribution in [-0.4, -0.2) is 109 Å². The van der Waals surface area contributed by atoms with Crippen LogP contribution in [0.4, 0.5) is 33.2 Å². The molecule has 0 aromatic heterocycles. The largest absolute Gasteiger partial charge is 0.438 e. The first-order valence-electron chi connectivity index (χ1n) is 32.6. The Balaban J connectivity index is 0.000000753. The molecule has 15 nitrogen and oxygen atoms in total. The molecular formula is C73H107Br2F3N4O11S7Si2. The van der Waals surface area contributed by atoms with Crippen LogP contribution in [0.2, 0.25) is 36.3 Å². The predicted octanol–water partition coefficient (Wildman–Crippen LogP) is 19.7. The maximum atomic E-state index is 13.7. The monoisotopic (exact) mass is 1710 g/mol. The van der Waals surface area contributed by atoms with Gasteiger partial charge in [-0.25, -0.2) is 36.0 Å². The van der Waals surface area contributed by atoms with E-state index in [1.54, 1.807) is 75.4 Å². The van der Waals surface area contributed by atoms with Gasteiger partial charge in [-0.2, -0.15) is 81.0 Å². The topological polar surface area (TPSA) is 173 Å². The molecule has 0 unspecified atom stereocenters. The molecule has 2 N–H and O–H groups in total. The molecule has 9 rings (SSSR count). The third-order valence-corrected chi connectivity index (χ3v) is 30.5. The Morgan fingerprint density at radius 3 is 0.971 bits per heavy atom. The number of carbonyl (C=O) groups is 3. The van der Waals surface area contributed by atoms with Crippen LogP contribution in [0, 0.1) is 17.5 Å². The molecule has 3 saturated heterocycles. The minimum Gasteiger partial charge on any atom is -0.438 e. The molecule has 3 aliphatic rings. The van der Waals surface area contributed by atoms with Gasteiger partial charge in [-0.15, -0.1) is 0 Å². The van der Waals surface area contributed by atoms with Crippen molar-refractivity contribution < 1.29 is 64.1 Å². The molecule has 3 heterocycles. The molecule has 0 saturated carbocycles. The second kappa shape index (κ2) is 40.3. The summed E-state index contributed by atoms with van der Waals surface area (Å²) in [5.41, 5.74) is 2.98. The molecule has 6 aromatic carbocycles. The molecule has 3 aliphatic heterocycles. The Bertz CT molecular complexity index is 3710. The number of carbonyl (C=O) groups excluding carboxylic acids is 3. The lowest BCUT2D eigenvalue weighted by molar-refractivity contribution is -0.0723. The summed E-state index contributed by atoms with van der Waals surface area (Å²) >= 11 is 6.87. The molecule has 0 radical (unpaired) electrons. The summed E-state index contributed by atoms with van der Waals surface area (Å²) in [5.74, 6) is -0.998. The van der Waals surface area contributed by atoms with Crippen LogP contribution < -0.4 is 4.72 Å². The van der Waals surface area contributed by atoms with Crippen LogP contribution in [0.3, 0.4) is 0 Å². The number of amides is 3. The van der Waals surface area contributed by atoms with Gasteiger partial charge in [-0.05, 0) is 163 Å². The standard InChI is InChI=1S/C27H39FN2O5SSi.C26H35BrFNO3Si.C20H21BrFNO3.6H2S/c1-20(21-8-14-24(15-9-21)29-36(5,32)33)30-18-16-27(35-25(30)31,22-10-12-23(28)13-11-22)17-19-34-37(6,7)26(2,3)4;1-19(20-7-11-22(27)12-8-20)29-17-15-26(32-24(29)30,21-9-13-23(28)14-10-21)16-18-31-33(5,6)25(2,3)4;1-14(15-2-6-17(21)7-3-15)23-12-10-20(11-13-24,26-19(23)25)16-4-8-18(22)9-5-16;;;;;;/h8-15,20,29H,16-19H2,1-7H3;7-14,19H,15-18H2,1-6H3;2-9,14,24H,10-13H2,1H3;6*1H2/t20-,27-;19-,26-;14-,20-;;;;;;/m000....../s1. The summed E-state index contributed by atoms with van der Waals surface area (Å²) in [6.45, 7) is 30.1. The number of halogens is 5. The molecule has 0 bridgehead atoms. The zero-order chi connectivity index (χ0) is 70.8. The highest BCUT2D eigenvalue weighted by atomic mass is 79.9. The number of rotatable bonds is 21. The van der Waals surface area contributed by atoms with E-state index in [-0.39, 0.29) is 146 Å². The summed E-state index contributed by atoms with van der Waals surface area (Å²) in [6, 6.07) is 40.6. The molecule has 0 spiro atoms. The van der Waals surface area contributed by atoms with Crippen molar-refractivity contribution in [2.24, 2.45) is 0 Å². The van der Waals surface area contributed by atoms with Crippen molar-refractivity contribution in [3.8, 4) is 0 Å². The number of nitrogens with one attached hydrogen (secondary N) is 1. The molecule has 3 amide bonds. The quantitative estimate of drug-likeness (QED) is 0.0519. The first kappa shape index (κ1) is 96.1. The number of benzene rings is 6. The average molecular weight is 1710 g/mol. The number of nitrogens with zero attached hydrogens (tertiary/aromatic N) is 3. The highest BCUT2D eigenvalue weighted by Crippen LogP contribution is 2.45. The number of cyclic esters (lactones) is 3. The summed E-state index contributed by atoms with van der Waals surface area (Å²) in [7, 11) is -7.32. The fraction of sp³-hybridized carbons (Fsp3) is 0.466. The van der Waals surface area contributed by atoms with Crippen LogP contribution in [0.5, 0.6) is 0 Å². The van der Waals surface area contributed by atoms with Gasteiger partial charge in [-0.3, -0.25) is 4.72 Å². The van der Waals surface area contributed by atoms with Crippen molar-refractivity contribution >= 4 is 163 Å². The van der Waals surface area contributed by atoms with Crippen molar-refractivity contribution in [3.63, 3.8) is 0 Å². The lowest BCUT2D eigenvalue weighted by Crippen LogP contribution is -2.50. The van der Waals surface area contributed by atoms with Gasteiger partial charge in [0.05, 0.1) is 24.4 Å². The lowest BCUT2D eigenvalue weighted by Gasteiger charge is -2.44. The van der Waals surface area contributed by atoms with E-state index in [9.17, 15) is 41.1 Å². The zero-order valence-electron chi connectivity index (χ0n) is 60.7. The molecular weight excluding hydrogens is 1610 g/mol. The highest BCUT2D eigenvalue weighted by molar-refractivity contribution is 9.10. The Kier molecular flexibility index (Phi) is 37.9. The number of aliphatic hydroxyl groups excluding tert-OH is 1. The van der Waals surface area contributed by atoms with Crippen molar-refractivity contribution in [2.75, 3.05) is 50.4 Å². The number of hydrogen-bond donors (Lipinski definition) is 2. The fourth-order valence-electron chi connectivity index (χ4n) is 11.5. The maximum Gasteiger partial charge on any atom is 0.411 e. The second-order valence-electron chi connectivity index (χ2n) is 28.3. The Morgan fingerprint density at radius 2 is 0.735 bits per heavy atom. The first-order chi connectivity index (χ1) is 44.8. The van der Waals surface area contributed by atoms with Gasteiger partial charge in [0, 0.05) is 92.6 Å². The molecule has 102 heavy (non-hydrogen) atoms. The third-order valence-electron chi connectivity index (χ3n) is 19.8. The molecule has 570 valence electrons. The normalized spacial score (nSPS) is 19.3. The van der Waals surface area contributed by atoms with Gasteiger partial charge >= 0.3 is 18.3 Å². The van der Waals surface area contributed by atoms with Gasteiger partial charge < -0.3 is 42.9 Å². The van der Waals surface area contributed by atoms with E-state index in [2.05, 4.69) is 104 Å². The molecule has 0 aliphatic carbocycles. The van der Waals surface area contributed by atoms with Crippen molar-refractivity contribution in [2.45, 2.75) is 172 Å². The Hall–Kier alpha value is -3.96. The summed E-state index contributed by atoms with van der Waals surface area (Å²) < 4.78 is 98.9. The summed E-state index contributed by atoms with van der Waals surface area (Å²) in [4.78, 5) is 44.4. The van der Waals surface area contributed by atoms with E-state index in [1.807, 2.05) is 69.3 Å². The van der Waals surface area contributed by atoms with Crippen LogP contribution in [0.1, 0.15) is 152 Å². The van der Waals surface area contributed by atoms with E-state index >= 15 is 0 Å². The van der Waals surface area contributed by atoms with Crippen molar-refractivity contribution in [1.82, 2.24) is 14.7 Å². The fourth-order valence-corrected chi connectivity index (χ4v) is 14.7. The van der Waals surface area contributed by atoms with Gasteiger partial charge in [0.2, 0.25) is 10.0 Å². The van der Waals surface area contributed by atoms with E-state index in [0.29, 0.717) is 76.2 Å². The molecule has 3 fully saturated rings. The van der Waals surface area contributed by atoms with Crippen LogP contribution >= 0.6 is 113 Å². The van der Waals surface area contributed by atoms with Gasteiger partial charge in [0.1, 0.15) is 34.3 Å². The van der Waals surface area contributed by atoms with Gasteiger partial charge in [-0.1, -0.05) is 146 Å². The Labute approximate surface area is 664 Å².